The summed E-state index contributed by atoms with van der Waals surface area (Å²) in [4.78, 5) is 30.7. The van der Waals surface area contributed by atoms with Crippen LogP contribution in [0.2, 0.25) is 0 Å². The van der Waals surface area contributed by atoms with Gasteiger partial charge in [0.1, 0.15) is 12.3 Å². The predicted octanol–water partition coefficient (Wildman–Crippen LogP) is 3.05. The van der Waals surface area contributed by atoms with Gasteiger partial charge in [-0.15, -0.1) is 0 Å². The van der Waals surface area contributed by atoms with E-state index in [9.17, 15) is 14.9 Å². The van der Waals surface area contributed by atoms with Gasteiger partial charge in [-0.05, 0) is 37.8 Å². The van der Waals surface area contributed by atoms with E-state index in [4.69, 9.17) is 14.7 Å². The Balaban J connectivity index is 2.48. The molecule has 0 amide bonds. The van der Waals surface area contributed by atoms with Crippen molar-refractivity contribution in [2.45, 2.75) is 19.0 Å². The summed E-state index contributed by atoms with van der Waals surface area (Å²) in [5.41, 5.74) is 0.477. The minimum absolute atomic E-state index is 0.165. The molecular weight excluding hydrogens is 386 g/mol. The molecule has 0 aliphatic heterocycles. The zero-order valence-corrected chi connectivity index (χ0v) is 16.2. The molecule has 28 heavy (non-hydrogen) atoms. The Hall–Kier alpha value is -3.39. The molecule has 0 saturated carbocycles. The lowest BCUT2D eigenvalue weighted by Gasteiger charge is -2.12. The fraction of sp³-hybridized carbons (Fsp3) is 0.294. The van der Waals surface area contributed by atoms with Gasteiger partial charge in [-0.1, -0.05) is 17.8 Å². The average Bonchev–Trinajstić information content (AvgIpc) is 2.67. The van der Waals surface area contributed by atoms with Gasteiger partial charge in [0.05, 0.1) is 23.2 Å². The van der Waals surface area contributed by atoms with Gasteiger partial charge in [-0.3, -0.25) is 14.9 Å². The molecule has 0 radical (unpaired) electrons. The van der Waals surface area contributed by atoms with Crippen molar-refractivity contribution in [2.24, 2.45) is 0 Å². The van der Waals surface area contributed by atoms with E-state index in [0.29, 0.717) is 11.1 Å². The fourth-order valence-electron chi connectivity index (χ4n) is 2.12. The SMILES string of the molecule is CCOC(=O)CNc1nc(SC)nc(Oc2cc(C#N)ccc2C)c1[N+](=O)[O-]. The van der Waals surface area contributed by atoms with E-state index in [-0.39, 0.29) is 35.8 Å². The highest BCUT2D eigenvalue weighted by Gasteiger charge is 2.28. The van der Waals surface area contributed by atoms with Gasteiger partial charge in [-0.25, -0.2) is 0 Å². The third kappa shape index (κ3) is 5.08. The van der Waals surface area contributed by atoms with Gasteiger partial charge in [0, 0.05) is 0 Å². The number of nitro groups is 1. The third-order valence-electron chi connectivity index (χ3n) is 3.43. The van der Waals surface area contributed by atoms with Crippen molar-refractivity contribution in [3.8, 4) is 17.7 Å². The number of ether oxygens (including phenoxy) is 2. The van der Waals surface area contributed by atoms with E-state index in [2.05, 4.69) is 15.3 Å². The Morgan fingerprint density at radius 3 is 2.79 bits per heavy atom. The summed E-state index contributed by atoms with van der Waals surface area (Å²) in [5.74, 6) is -0.791. The van der Waals surface area contributed by atoms with E-state index in [1.165, 1.54) is 6.07 Å². The summed E-state index contributed by atoms with van der Waals surface area (Å²) in [6.07, 6.45) is 1.70. The zero-order valence-electron chi connectivity index (χ0n) is 15.4. The molecule has 0 bridgehead atoms. The van der Waals surface area contributed by atoms with Crippen LogP contribution < -0.4 is 10.1 Å². The topological polar surface area (TPSA) is 140 Å². The molecule has 146 valence electrons. The van der Waals surface area contributed by atoms with Crippen LogP contribution in [0.25, 0.3) is 0 Å². The predicted molar refractivity (Wildman–Crippen MR) is 102 cm³/mol. The molecule has 10 nitrogen and oxygen atoms in total. The highest BCUT2D eigenvalue weighted by atomic mass is 32.2. The molecular formula is C17H17N5O5S. The van der Waals surface area contributed by atoms with E-state index in [1.54, 1.807) is 32.2 Å². The van der Waals surface area contributed by atoms with Crippen LogP contribution in [0.4, 0.5) is 11.5 Å². The molecule has 0 fully saturated rings. The molecule has 1 N–H and O–H groups in total. The Labute approximate surface area is 165 Å². The summed E-state index contributed by atoms with van der Waals surface area (Å²) in [6.45, 7) is 3.27. The maximum Gasteiger partial charge on any atom is 0.373 e. The number of nitrogens with zero attached hydrogens (tertiary/aromatic N) is 4. The number of carbonyl (C=O) groups is 1. The van der Waals surface area contributed by atoms with Crippen molar-refractivity contribution in [3.05, 3.63) is 39.4 Å². The molecule has 0 atom stereocenters. The van der Waals surface area contributed by atoms with Crippen molar-refractivity contribution in [1.82, 2.24) is 9.97 Å². The highest BCUT2D eigenvalue weighted by molar-refractivity contribution is 7.98. The lowest BCUT2D eigenvalue weighted by molar-refractivity contribution is -0.385. The van der Waals surface area contributed by atoms with Crippen LogP contribution in [0, 0.1) is 28.4 Å². The molecule has 1 aromatic heterocycles. The number of benzene rings is 1. The maximum atomic E-state index is 11.6. The van der Waals surface area contributed by atoms with Crippen LogP contribution in [0.1, 0.15) is 18.1 Å². The van der Waals surface area contributed by atoms with Gasteiger partial charge in [0.15, 0.2) is 5.16 Å². The Morgan fingerprint density at radius 1 is 1.43 bits per heavy atom. The first-order valence-electron chi connectivity index (χ1n) is 8.08. The first-order valence-corrected chi connectivity index (χ1v) is 9.30. The quantitative estimate of drug-likeness (QED) is 0.230. The number of nitrogens with one attached hydrogen (secondary N) is 1. The van der Waals surface area contributed by atoms with Crippen molar-refractivity contribution in [2.75, 3.05) is 24.7 Å². The van der Waals surface area contributed by atoms with Crippen molar-refractivity contribution >= 4 is 29.2 Å². The van der Waals surface area contributed by atoms with Crippen LogP contribution >= 0.6 is 11.8 Å². The fourth-order valence-corrected chi connectivity index (χ4v) is 2.47. The molecule has 0 saturated heterocycles. The lowest BCUT2D eigenvalue weighted by atomic mass is 10.1. The van der Waals surface area contributed by atoms with Crippen LogP contribution in [-0.2, 0) is 9.53 Å². The molecule has 0 aliphatic rings. The number of nitriles is 1. The van der Waals surface area contributed by atoms with Crippen molar-refractivity contribution in [1.29, 1.82) is 5.26 Å². The Bertz CT molecular complexity index is 944. The summed E-state index contributed by atoms with van der Waals surface area (Å²) in [7, 11) is 0. The lowest BCUT2D eigenvalue weighted by Crippen LogP contribution is -2.18. The molecule has 1 heterocycles. The molecule has 2 aromatic rings. The van der Waals surface area contributed by atoms with E-state index < -0.39 is 16.6 Å². The number of aryl methyl sites for hydroxylation is 1. The maximum absolute atomic E-state index is 11.6. The Kier molecular flexibility index (Phi) is 7.11. The highest BCUT2D eigenvalue weighted by Crippen LogP contribution is 2.37. The normalized spacial score (nSPS) is 10.1. The van der Waals surface area contributed by atoms with Gasteiger partial charge >= 0.3 is 17.5 Å². The Morgan fingerprint density at radius 2 is 2.18 bits per heavy atom. The number of thioether (sulfide) groups is 1. The number of hydrogen-bond donors (Lipinski definition) is 1. The number of carbonyl (C=O) groups excluding carboxylic acids is 1. The first kappa shape index (κ1) is 20.9. The zero-order chi connectivity index (χ0) is 20.7. The van der Waals surface area contributed by atoms with E-state index in [0.717, 1.165) is 11.8 Å². The first-order chi connectivity index (χ1) is 13.4. The monoisotopic (exact) mass is 403 g/mol. The minimum Gasteiger partial charge on any atom is -0.465 e. The van der Waals surface area contributed by atoms with Crippen LogP contribution in [-0.4, -0.2) is 40.3 Å². The van der Waals surface area contributed by atoms with Gasteiger partial charge in [-0.2, -0.15) is 15.2 Å². The summed E-state index contributed by atoms with van der Waals surface area (Å²) in [6, 6.07) is 6.72. The smallest absolute Gasteiger partial charge is 0.373 e. The molecule has 0 spiro atoms. The van der Waals surface area contributed by atoms with E-state index in [1.807, 2.05) is 6.07 Å². The van der Waals surface area contributed by atoms with E-state index >= 15 is 0 Å². The van der Waals surface area contributed by atoms with Gasteiger partial charge < -0.3 is 14.8 Å². The van der Waals surface area contributed by atoms with Crippen LogP contribution in [0.15, 0.2) is 23.4 Å². The number of anilines is 1. The standard InChI is InChI=1S/C17H17N5O5S/c1-4-26-13(23)9-19-15-14(22(24)25)16(21-17(20-15)28-3)27-12-7-11(8-18)6-5-10(12)2/h5-7H,4,9H2,1-3H3,(H,19,20,21). The average molecular weight is 403 g/mol. The van der Waals surface area contributed by atoms with Crippen LogP contribution in [0.3, 0.4) is 0 Å². The minimum atomic E-state index is -0.698. The molecule has 0 unspecified atom stereocenters. The van der Waals surface area contributed by atoms with Gasteiger partial charge in [0.2, 0.25) is 5.82 Å². The second kappa shape index (κ2) is 9.52. The molecule has 11 heteroatoms. The molecule has 0 aliphatic carbocycles. The third-order valence-corrected chi connectivity index (χ3v) is 3.97. The number of hydrogen-bond acceptors (Lipinski definition) is 10. The molecule has 2 rings (SSSR count). The number of aromatic nitrogens is 2. The molecule has 1 aromatic carbocycles. The number of rotatable bonds is 8. The second-order valence-corrected chi connectivity index (χ2v) is 6.10. The van der Waals surface area contributed by atoms with Crippen molar-refractivity contribution < 1.29 is 19.2 Å². The summed E-state index contributed by atoms with van der Waals surface area (Å²) < 4.78 is 10.5. The summed E-state index contributed by atoms with van der Waals surface area (Å²) in [5, 5.41) is 23.5. The largest absolute Gasteiger partial charge is 0.465 e. The summed E-state index contributed by atoms with van der Waals surface area (Å²) >= 11 is 1.15. The van der Waals surface area contributed by atoms with Gasteiger partial charge in [0.25, 0.3) is 0 Å². The van der Waals surface area contributed by atoms with Crippen molar-refractivity contribution in [3.63, 3.8) is 0 Å². The number of esters is 1. The second-order valence-electron chi connectivity index (χ2n) is 5.32. The van der Waals surface area contributed by atoms with Crippen LogP contribution in [0.5, 0.6) is 11.6 Å².